The van der Waals surface area contributed by atoms with Crippen molar-refractivity contribution in [3.8, 4) is 11.5 Å². The van der Waals surface area contributed by atoms with E-state index in [1.807, 2.05) is 31.0 Å². The first-order chi connectivity index (χ1) is 8.97. The molecule has 1 unspecified atom stereocenters. The summed E-state index contributed by atoms with van der Waals surface area (Å²) in [4.78, 5) is 12.5. The van der Waals surface area contributed by atoms with Gasteiger partial charge in [-0.05, 0) is 18.6 Å². The van der Waals surface area contributed by atoms with Gasteiger partial charge in [-0.3, -0.25) is 4.79 Å². The SMILES string of the molecule is Cc1cc2c(cc1N(C)CC(N)CC(=O)O)OCO2. The lowest BCUT2D eigenvalue weighted by molar-refractivity contribution is -0.137. The van der Waals surface area contributed by atoms with E-state index in [-0.39, 0.29) is 13.2 Å². The van der Waals surface area contributed by atoms with E-state index in [0.29, 0.717) is 12.3 Å². The molecule has 0 saturated carbocycles. The van der Waals surface area contributed by atoms with Gasteiger partial charge in [0.2, 0.25) is 6.79 Å². The molecule has 6 heteroatoms. The number of rotatable bonds is 5. The summed E-state index contributed by atoms with van der Waals surface area (Å²) in [6.07, 6.45) is -0.0477. The van der Waals surface area contributed by atoms with E-state index < -0.39 is 12.0 Å². The van der Waals surface area contributed by atoms with Gasteiger partial charge >= 0.3 is 5.97 Å². The van der Waals surface area contributed by atoms with E-state index >= 15 is 0 Å². The highest BCUT2D eigenvalue weighted by molar-refractivity contribution is 5.68. The Morgan fingerprint density at radius 3 is 2.74 bits per heavy atom. The molecule has 0 saturated heterocycles. The van der Waals surface area contributed by atoms with Crippen LogP contribution in [0.15, 0.2) is 12.1 Å². The van der Waals surface area contributed by atoms with Crippen molar-refractivity contribution in [3.05, 3.63) is 17.7 Å². The largest absolute Gasteiger partial charge is 0.481 e. The molecule has 0 fully saturated rings. The number of carboxylic acid groups (broad SMARTS) is 1. The molecule has 0 aromatic heterocycles. The maximum Gasteiger partial charge on any atom is 0.304 e. The van der Waals surface area contributed by atoms with Crippen LogP contribution in [0.5, 0.6) is 11.5 Å². The second kappa shape index (κ2) is 5.36. The van der Waals surface area contributed by atoms with Crippen LogP contribution in [0.3, 0.4) is 0 Å². The molecule has 0 bridgehead atoms. The molecule has 3 N–H and O–H groups in total. The van der Waals surface area contributed by atoms with Crippen LogP contribution in [0.1, 0.15) is 12.0 Å². The average Bonchev–Trinajstić information content (AvgIpc) is 2.73. The first-order valence-corrected chi connectivity index (χ1v) is 6.06. The zero-order valence-electron chi connectivity index (χ0n) is 11.0. The first-order valence-electron chi connectivity index (χ1n) is 6.06. The van der Waals surface area contributed by atoms with Gasteiger partial charge in [-0.1, -0.05) is 0 Å². The second-order valence-electron chi connectivity index (χ2n) is 4.73. The van der Waals surface area contributed by atoms with Gasteiger partial charge in [0, 0.05) is 31.4 Å². The van der Waals surface area contributed by atoms with Gasteiger partial charge in [0.05, 0.1) is 6.42 Å². The Labute approximate surface area is 111 Å². The van der Waals surface area contributed by atoms with E-state index in [1.54, 1.807) is 0 Å². The minimum atomic E-state index is -0.886. The van der Waals surface area contributed by atoms with Crippen LogP contribution in [-0.2, 0) is 4.79 Å². The third-order valence-electron chi connectivity index (χ3n) is 3.05. The number of carboxylic acids is 1. The molecule has 1 heterocycles. The number of benzene rings is 1. The van der Waals surface area contributed by atoms with Gasteiger partial charge in [-0.25, -0.2) is 0 Å². The molecule has 1 atom stereocenters. The van der Waals surface area contributed by atoms with E-state index in [0.717, 1.165) is 17.0 Å². The predicted molar refractivity (Wildman–Crippen MR) is 70.8 cm³/mol. The monoisotopic (exact) mass is 266 g/mol. The fourth-order valence-electron chi connectivity index (χ4n) is 2.18. The lowest BCUT2D eigenvalue weighted by Crippen LogP contribution is -2.37. The summed E-state index contributed by atoms with van der Waals surface area (Å²) in [6, 6.07) is 3.40. The normalized spacial score (nSPS) is 14.3. The lowest BCUT2D eigenvalue weighted by atomic mass is 10.1. The van der Waals surface area contributed by atoms with Crippen molar-refractivity contribution in [1.82, 2.24) is 0 Å². The summed E-state index contributed by atoms with van der Waals surface area (Å²) in [5.74, 6) is 0.562. The van der Waals surface area contributed by atoms with Crippen LogP contribution in [-0.4, -0.2) is 37.5 Å². The second-order valence-corrected chi connectivity index (χ2v) is 4.73. The Bertz CT molecular complexity index is 490. The third kappa shape index (κ3) is 3.08. The molecule has 0 aliphatic carbocycles. The van der Waals surface area contributed by atoms with Gasteiger partial charge in [0.25, 0.3) is 0 Å². The van der Waals surface area contributed by atoms with Gasteiger partial charge in [-0.15, -0.1) is 0 Å². The number of carbonyl (C=O) groups is 1. The average molecular weight is 266 g/mol. The molecule has 1 aliphatic rings. The van der Waals surface area contributed by atoms with Gasteiger partial charge < -0.3 is 25.2 Å². The van der Waals surface area contributed by atoms with E-state index in [4.69, 9.17) is 20.3 Å². The van der Waals surface area contributed by atoms with Crippen LogP contribution in [0.4, 0.5) is 5.69 Å². The van der Waals surface area contributed by atoms with Gasteiger partial charge in [0.15, 0.2) is 11.5 Å². The highest BCUT2D eigenvalue weighted by Gasteiger charge is 2.18. The number of hydrogen-bond acceptors (Lipinski definition) is 5. The predicted octanol–water partition coefficient (Wildman–Crippen LogP) is 0.962. The summed E-state index contributed by atoms with van der Waals surface area (Å²) >= 11 is 0. The van der Waals surface area contributed by atoms with E-state index in [2.05, 4.69) is 0 Å². The molecule has 104 valence electrons. The van der Waals surface area contributed by atoms with Crippen molar-refractivity contribution >= 4 is 11.7 Å². The van der Waals surface area contributed by atoms with Crippen molar-refractivity contribution in [3.63, 3.8) is 0 Å². The molecule has 0 spiro atoms. The minimum Gasteiger partial charge on any atom is -0.481 e. The van der Waals surface area contributed by atoms with Crippen molar-refractivity contribution in [2.24, 2.45) is 5.73 Å². The topological polar surface area (TPSA) is 85.0 Å². The van der Waals surface area contributed by atoms with Gasteiger partial charge in [-0.2, -0.15) is 0 Å². The molecule has 2 rings (SSSR count). The fourth-order valence-corrected chi connectivity index (χ4v) is 2.18. The standard InChI is InChI=1S/C13H18N2O4/c1-8-3-11-12(19-7-18-11)5-10(8)15(2)6-9(14)4-13(16)17/h3,5,9H,4,6-7,14H2,1-2H3,(H,16,17). The highest BCUT2D eigenvalue weighted by Crippen LogP contribution is 2.37. The minimum absolute atomic E-state index is 0.0477. The number of likely N-dealkylation sites (N-methyl/N-ethyl adjacent to an activating group) is 1. The lowest BCUT2D eigenvalue weighted by Gasteiger charge is -2.24. The number of ether oxygens (including phenoxy) is 2. The summed E-state index contributed by atoms with van der Waals surface area (Å²) in [7, 11) is 1.88. The fraction of sp³-hybridized carbons (Fsp3) is 0.462. The Hall–Kier alpha value is -1.95. The number of nitrogens with two attached hydrogens (primary N) is 1. The molecule has 1 aliphatic heterocycles. The van der Waals surface area contributed by atoms with Crippen LogP contribution in [0.25, 0.3) is 0 Å². The Balaban J connectivity index is 2.11. The molecule has 19 heavy (non-hydrogen) atoms. The Morgan fingerprint density at radius 2 is 2.11 bits per heavy atom. The first kappa shape index (κ1) is 13.5. The summed E-state index contributed by atoms with van der Waals surface area (Å²) in [5.41, 5.74) is 7.80. The third-order valence-corrected chi connectivity index (χ3v) is 3.05. The summed E-state index contributed by atoms with van der Waals surface area (Å²) < 4.78 is 10.6. The molecule has 6 nitrogen and oxygen atoms in total. The molecule has 0 amide bonds. The summed E-state index contributed by atoms with van der Waals surface area (Å²) in [6.45, 7) is 2.67. The molecular weight excluding hydrogens is 248 g/mol. The number of aryl methyl sites for hydroxylation is 1. The van der Waals surface area contributed by atoms with Crippen molar-refractivity contribution < 1.29 is 19.4 Å². The number of fused-ring (bicyclic) bond motifs is 1. The van der Waals surface area contributed by atoms with Crippen molar-refractivity contribution in [2.75, 3.05) is 25.3 Å². The van der Waals surface area contributed by atoms with Crippen molar-refractivity contribution in [2.45, 2.75) is 19.4 Å². The number of hydrogen-bond donors (Lipinski definition) is 2. The molecule has 1 aromatic rings. The highest BCUT2D eigenvalue weighted by atomic mass is 16.7. The van der Waals surface area contributed by atoms with Crippen LogP contribution < -0.4 is 20.1 Å². The maximum absolute atomic E-state index is 10.6. The van der Waals surface area contributed by atoms with Crippen LogP contribution in [0, 0.1) is 6.92 Å². The van der Waals surface area contributed by atoms with Crippen LogP contribution in [0.2, 0.25) is 0 Å². The number of nitrogens with zero attached hydrogens (tertiary/aromatic N) is 1. The van der Waals surface area contributed by atoms with Gasteiger partial charge in [0.1, 0.15) is 0 Å². The number of anilines is 1. The zero-order chi connectivity index (χ0) is 14.0. The summed E-state index contributed by atoms with van der Waals surface area (Å²) in [5, 5.41) is 8.71. The van der Waals surface area contributed by atoms with Crippen molar-refractivity contribution in [1.29, 1.82) is 0 Å². The Morgan fingerprint density at radius 1 is 1.47 bits per heavy atom. The van der Waals surface area contributed by atoms with E-state index in [1.165, 1.54) is 0 Å². The molecule has 0 radical (unpaired) electrons. The maximum atomic E-state index is 10.6. The molecular formula is C13H18N2O4. The zero-order valence-corrected chi connectivity index (χ0v) is 11.0. The number of aliphatic carboxylic acids is 1. The molecule has 1 aromatic carbocycles. The van der Waals surface area contributed by atoms with E-state index in [9.17, 15) is 4.79 Å². The van der Waals surface area contributed by atoms with Crippen LogP contribution >= 0.6 is 0 Å². The smallest absolute Gasteiger partial charge is 0.304 e. The Kier molecular flexibility index (Phi) is 3.80. The quantitative estimate of drug-likeness (QED) is 0.825.